The molecule has 2 N–H and O–H groups in total. The van der Waals surface area contributed by atoms with Gasteiger partial charge in [-0.15, -0.1) is 0 Å². The van der Waals surface area contributed by atoms with E-state index in [2.05, 4.69) is 10.0 Å². The molecule has 0 bridgehead atoms. The lowest BCUT2D eigenvalue weighted by Gasteiger charge is -2.16. The maximum Gasteiger partial charge on any atom is 0.261 e. The maximum atomic E-state index is 12.9. The number of aryl methyl sites for hydroxylation is 2. The van der Waals surface area contributed by atoms with E-state index in [1.165, 1.54) is 12.1 Å². The molecule has 0 aromatic heterocycles. The van der Waals surface area contributed by atoms with Crippen molar-refractivity contribution in [3.05, 3.63) is 83.4 Å². The number of carbonyl (C=O) groups excluding carboxylic acids is 2. The molecule has 0 unspecified atom stereocenters. The van der Waals surface area contributed by atoms with Crippen molar-refractivity contribution in [1.82, 2.24) is 0 Å². The monoisotopic (exact) mass is 463 g/mol. The van der Waals surface area contributed by atoms with E-state index in [9.17, 15) is 18.0 Å². The minimum Gasteiger partial charge on any atom is -0.322 e. The molecule has 0 spiro atoms. The van der Waals surface area contributed by atoms with E-state index in [1.807, 2.05) is 19.1 Å². The Labute approximate surface area is 193 Å². The maximum absolute atomic E-state index is 12.9. The van der Waals surface area contributed by atoms with Crippen LogP contribution in [0.5, 0.6) is 0 Å². The predicted molar refractivity (Wildman–Crippen MR) is 129 cm³/mol. The lowest BCUT2D eigenvalue weighted by molar-refractivity contribution is -0.117. The van der Waals surface area contributed by atoms with E-state index >= 15 is 0 Å². The van der Waals surface area contributed by atoms with Crippen molar-refractivity contribution in [3.63, 3.8) is 0 Å². The lowest BCUT2D eigenvalue weighted by atomic mass is 10.1. The Bertz CT molecular complexity index is 1320. The third-order valence-corrected chi connectivity index (χ3v) is 7.03. The number of nitrogens with zero attached hydrogens (tertiary/aromatic N) is 1. The van der Waals surface area contributed by atoms with Gasteiger partial charge in [0.1, 0.15) is 0 Å². The smallest absolute Gasteiger partial charge is 0.261 e. The molecule has 1 aliphatic heterocycles. The molecule has 4 rings (SSSR count). The summed E-state index contributed by atoms with van der Waals surface area (Å²) in [5.74, 6) is -0.315. The summed E-state index contributed by atoms with van der Waals surface area (Å²) in [5.41, 5.74) is 3.55. The highest BCUT2D eigenvalue weighted by Gasteiger charge is 2.22. The largest absolute Gasteiger partial charge is 0.322 e. The Hall–Kier alpha value is -3.65. The van der Waals surface area contributed by atoms with Gasteiger partial charge < -0.3 is 10.2 Å². The molecule has 3 aromatic carbocycles. The minimum atomic E-state index is -3.87. The van der Waals surface area contributed by atoms with Crippen molar-refractivity contribution < 1.29 is 18.0 Å². The van der Waals surface area contributed by atoms with Crippen molar-refractivity contribution in [2.24, 2.45) is 0 Å². The number of nitrogens with one attached hydrogen (secondary N) is 2. The van der Waals surface area contributed by atoms with E-state index in [0.29, 0.717) is 29.9 Å². The van der Waals surface area contributed by atoms with Gasteiger partial charge in [0.25, 0.3) is 15.9 Å². The van der Waals surface area contributed by atoms with Crippen molar-refractivity contribution >= 4 is 38.9 Å². The van der Waals surface area contributed by atoms with Crippen LogP contribution in [0.25, 0.3) is 0 Å². The fourth-order valence-electron chi connectivity index (χ4n) is 3.75. The Kier molecular flexibility index (Phi) is 6.20. The Morgan fingerprint density at radius 3 is 2.33 bits per heavy atom. The van der Waals surface area contributed by atoms with Gasteiger partial charge in [0, 0.05) is 29.9 Å². The first-order valence-corrected chi connectivity index (χ1v) is 12.1. The fourth-order valence-corrected chi connectivity index (χ4v) is 4.90. The molecule has 33 heavy (non-hydrogen) atoms. The molecule has 1 heterocycles. The first-order chi connectivity index (χ1) is 15.7. The van der Waals surface area contributed by atoms with Crippen LogP contribution >= 0.6 is 0 Å². The molecule has 2 amide bonds. The highest BCUT2D eigenvalue weighted by atomic mass is 32.2. The van der Waals surface area contributed by atoms with Crippen LogP contribution in [0, 0.1) is 13.8 Å². The molecule has 1 saturated heterocycles. The van der Waals surface area contributed by atoms with Gasteiger partial charge in [-0.2, -0.15) is 0 Å². The normalized spacial score (nSPS) is 13.8. The highest BCUT2D eigenvalue weighted by Crippen LogP contribution is 2.25. The first kappa shape index (κ1) is 22.5. The third kappa shape index (κ3) is 4.90. The minimum absolute atomic E-state index is 0.00407. The van der Waals surface area contributed by atoms with Crippen LogP contribution < -0.4 is 14.9 Å². The number of anilines is 3. The second-order valence-corrected chi connectivity index (χ2v) is 9.73. The standard InChI is InChI=1S/C25H25N3O4S/c1-17-9-14-21(33(31,32)27-23-7-4-3-6-18(23)2)16-22(17)25(30)26-19-10-12-20(13-11-19)28-15-5-8-24(28)29/h3-4,6-7,9-14,16,27H,5,8,15H2,1-2H3,(H,26,30). The van der Waals surface area contributed by atoms with Crippen LogP contribution in [0.1, 0.15) is 34.3 Å². The van der Waals surface area contributed by atoms with Crippen LogP contribution in [0.15, 0.2) is 71.6 Å². The van der Waals surface area contributed by atoms with Crippen molar-refractivity contribution in [2.75, 3.05) is 21.5 Å². The molecule has 0 atom stereocenters. The number of benzene rings is 3. The van der Waals surface area contributed by atoms with E-state index < -0.39 is 15.9 Å². The van der Waals surface area contributed by atoms with Crippen molar-refractivity contribution in [1.29, 1.82) is 0 Å². The molecule has 8 heteroatoms. The summed E-state index contributed by atoms with van der Waals surface area (Å²) in [4.78, 5) is 26.6. The van der Waals surface area contributed by atoms with Gasteiger partial charge in [-0.25, -0.2) is 8.42 Å². The highest BCUT2D eigenvalue weighted by molar-refractivity contribution is 7.92. The lowest BCUT2D eigenvalue weighted by Crippen LogP contribution is -2.23. The molecule has 1 fully saturated rings. The third-order valence-electron chi connectivity index (χ3n) is 5.66. The predicted octanol–water partition coefficient (Wildman–Crippen LogP) is 4.48. The summed E-state index contributed by atoms with van der Waals surface area (Å²) >= 11 is 0. The Morgan fingerprint density at radius 1 is 0.939 bits per heavy atom. The molecular weight excluding hydrogens is 438 g/mol. The zero-order valence-corrected chi connectivity index (χ0v) is 19.3. The summed E-state index contributed by atoms with van der Waals surface area (Å²) in [6.45, 7) is 4.26. The molecule has 170 valence electrons. The number of hydrogen-bond donors (Lipinski definition) is 2. The molecule has 0 aliphatic carbocycles. The molecule has 0 radical (unpaired) electrons. The van der Waals surface area contributed by atoms with Crippen LogP contribution in [-0.2, 0) is 14.8 Å². The molecule has 1 aliphatic rings. The van der Waals surface area contributed by atoms with Crippen molar-refractivity contribution in [3.8, 4) is 0 Å². The zero-order chi connectivity index (χ0) is 23.6. The van der Waals surface area contributed by atoms with Gasteiger partial charge in [-0.1, -0.05) is 24.3 Å². The second kappa shape index (κ2) is 9.07. The van der Waals surface area contributed by atoms with Gasteiger partial charge in [-0.3, -0.25) is 14.3 Å². The first-order valence-electron chi connectivity index (χ1n) is 10.7. The zero-order valence-electron chi connectivity index (χ0n) is 18.5. The number of sulfonamides is 1. The second-order valence-electron chi connectivity index (χ2n) is 8.05. The van der Waals surface area contributed by atoms with Crippen LogP contribution in [0.2, 0.25) is 0 Å². The van der Waals surface area contributed by atoms with Crippen LogP contribution in [-0.4, -0.2) is 26.8 Å². The average molecular weight is 464 g/mol. The van der Waals surface area contributed by atoms with E-state index in [4.69, 9.17) is 0 Å². The van der Waals surface area contributed by atoms with Crippen LogP contribution in [0.4, 0.5) is 17.1 Å². The summed E-state index contributed by atoms with van der Waals surface area (Å²) in [7, 11) is -3.87. The summed E-state index contributed by atoms with van der Waals surface area (Å²) in [6, 6.07) is 18.6. The Balaban J connectivity index is 1.53. The molecule has 3 aromatic rings. The van der Waals surface area contributed by atoms with Gasteiger partial charge in [0.05, 0.1) is 10.6 Å². The molecule has 7 nitrogen and oxygen atoms in total. The van der Waals surface area contributed by atoms with Crippen LogP contribution in [0.3, 0.4) is 0 Å². The average Bonchev–Trinajstić information content (AvgIpc) is 3.21. The van der Waals surface area contributed by atoms with Crippen molar-refractivity contribution in [2.45, 2.75) is 31.6 Å². The number of carbonyl (C=O) groups is 2. The number of rotatable bonds is 6. The summed E-state index contributed by atoms with van der Waals surface area (Å²) < 4.78 is 28.4. The molecular formula is C25H25N3O4S. The number of hydrogen-bond acceptors (Lipinski definition) is 4. The number of para-hydroxylation sites is 1. The summed E-state index contributed by atoms with van der Waals surface area (Å²) in [5, 5.41) is 2.81. The van der Waals surface area contributed by atoms with E-state index in [0.717, 1.165) is 17.7 Å². The molecule has 0 saturated carbocycles. The quantitative estimate of drug-likeness (QED) is 0.563. The fraction of sp³-hybridized carbons (Fsp3) is 0.200. The number of amides is 2. The van der Waals surface area contributed by atoms with Gasteiger partial charge in [0.2, 0.25) is 5.91 Å². The Morgan fingerprint density at radius 2 is 1.67 bits per heavy atom. The summed E-state index contributed by atoms with van der Waals surface area (Å²) in [6.07, 6.45) is 1.39. The SMILES string of the molecule is Cc1ccccc1NS(=O)(=O)c1ccc(C)c(C(=O)Nc2ccc(N3CCCC3=O)cc2)c1. The van der Waals surface area contributed by atoms with Gasteiger partial charge >= 0.3 is 0 Å². The van der Waals surface area contributed by atoms with Gasteiger partial charge in [0.15, 0.2) is 0 Å². The van der Waals surface area contributed by atoms with E-state index in [1.54, 1.807) is 54.3 Å². The topological polar surface area (TPSA) is 95.6 Å². The van der Waals surface area contributed by atoms with E-state index in [-0.39, 0.29) is 16.4 Å². The van der Waals surface area contributed by atoms with Gasteiger partial charge in [-0.05, 0) is 73.9 Å².